The highest BCUT2D eigenvalue weighted by Gasteiger charge is 2.21. The van der Waals surface area contributed by atoms with Gasteiger partial charge in [0, 0.05) is 18.5 Å². The number of amides is 1. The minimum atomic E-state index is -0.909. The molecule has 0 spiro atoms. The molecule has 0 atom stereocenters. The van der Waals surface area contributed by atoms with E-state index >= 15 is 0 Å². The number of nitrogens with one attached hydrogen (secondary N) is 1. The van der Waals surface area contributed by atoms with Crippen LogP contribution in [0.15, 0.2) is 34.3 Å². The summed E-state index contributed by atoms with van der Waals surface area (Å²) >= 11 is 1.41. The summed E-state index contributed by atoms with van der Waals surface area (Å²) in [5, 5.41) is 2.61. The lowest BCUT2D eigenvalue weighted by molar-refractivity contribution is 0.102. The van der Waals surface area contributed by atoms with E-state index in [-0.39, 0.29) is 5.56 Å². The summed E-state index contributed by atoms with van der Waals surface area (Å²) in [5.41, 5.74) is -1.34. The number of nitrogens with zero attached hydrogens (tertiary/aromatic N) is 2. The van der Waals surface area contributed by atoms with Crippen molar-refractivity contribution in [1.82, 2.24) is 9.55 Å². The Hall–Kier alpha value is -2.22. The highest BCUT2D eigenvalue weighted by atomic mass is 32.2. The Balaban J connectivity index is 1.95. The number of halogens is 2. The topological polar surface area (TPSA) is 64.0 Å². The molecule has 2 aromatic rings. The number of rotatable bonds is 2. The Morgan fingerprint density at radius 2 is 2.05 bits per heavy atom. The maximum Gasteiger partial charge on any atom is 0.267 e. The lowest BCUT2D eigenvalue weighted by atomic mass is 10.2. The fraction of sp³-hybridized carbons (Fsp3) is 0.154. The fourth-order valence-electron chi connectivity index (χ4n) is 1.97. The van der Waals surface area contributed by atoms with Crippen LogP contribution < -0.4 is 10.9 Å². The van der Waals surface area contributed by atoms with Gasteiger partial charge in [0.25, 0.3) is 11.5 Å². The fourth-order valence-corrected chi connectivity index (χ4v) is 2.89. The third kappa shape index (κ3) is 2.42. The van der Waals surface area contributed by atoms with Crippen LogP contribution >= 0.6 is 11.8 Å². The minimum Gasteiger partial charge on any atom is -0.317 e. The Morgan fingerprint density at radius 3 is 2.76 bits per heavy atom. The number of anilines is 1. The van der Waals surface area contributed by atoms with E-state index in [1.165, 1.54) is 22.4 Å². The Kier molecular flexibility index (Phi) is 3.46. The smallest absolute Gasteiger partial charge is 0.267 e. The number of hydrogen-bond acceptors (Lipinski definition) is 4. The second kappa shape index (κ2) is 5.28. The van der Waals surface area contributed by atoms with Crippen molar-refractivity contribution in [3.63, 3.8) is 0 Å². The van der Waals surface area contributed by atoms with E-state index in [4.69, 9.17) is 0 Å². The molecule has 0 aliphatic carbocycles. The highest BCUT2D eigenvalue weighted by Crippen LogP contribution is 2.21. The summed E-state index contributed by atoms with van der Waals surface area (Å²) in [6, 6.07) is 3.22. The van der Waals surface area contributed by atoms with Gasteiger partial charge < -0.3 is 5.32 Å². The molecule has 0 bridgehead atoms. The molecule has 8 heteroatoms. The Labute approximate surface area is 122 Å². The van der Waals surface area contributed by atoms with Crippen molar-refractivity contribution >= 4 is 23.4 Å². The first-order valence-electron chi connectivity index (χ1n) is 6.06. The molecule has 0 unspecified atom stereocenters. The van der Waals surface area contributed by atoms with Crippen molar-refractivity contribution in [1.29, 1.82) is 0 Å². The summed E-state index contributed by atoms with van der Waals surface area (Å²) in [7, 11) is 0. The number of carbonyl (C=O) groups is 1. The van der Waals surface area contributed by atoms with Gasteiger partial charge in [0.15, 0.2) is 5.16 Å². The van der Waals surface area contributed by atoms with Crippen molar-refractivity contribution in [2.75, 3.05) is 11.1 Å². The first-order valence-corrected chi connectivity index (χ1v) is 7.04. The van der Waals surface area contributed by atoms with Crippen LogP contribution in [-0.4, -0.2) is 21.2 Å². The molecule has 0 fully saturated rings. The molecule has 1 amide bonds. The molecule has 3 rings (SSSR count). The van der Waals surface area contributed by atoms with Crippen LogP contribution in [0.3, 0.4) is 0 Å². The molecule has 1 aromatic carbocycles. The van der Waals surface area contributed by atoms with Gasteiger partial charge in [-0.05, 0) is 12.1 Å². The molecular formula is C13H9F2N3O2S. The lowest BCUT2D eigenvalue weighted by Gasteiger charge is -2.08. The number of carbonyl (C=O) groups excluding carboxylic acids is 1. The quantitative estimate of drug-likeness (QED) is 0.860. The molecule has 1 aliphatic heterocycles. The Morgan fingerprint density at radius 1 is 1.33 bits per heavy atom. The van der Waals surface area contributed by atoms with Gasteiger partial charge in [0.2, 0.25) is 0 Å². The maximum atomic E-state index is 13.5. The van der Waals surface area contributed by atoms with Gasteiger partial charge in [-0.15, -0.1) is 0 Å². The molecule has 21 heavy (non-hydrogen) atoms. The van der Waals surface area contributed by atoms with E-state index in [1.807, 2.05) is 0 Å². The van der Waals surface area contributed by atoms with Crippen molar-refractivity contribution in [3.05, 3.63) is 51.9 Å². The van der Waals surface area contributed by atoms with Gasteiger partial charge in [-0.1, -0.05) is 17.8 Å². The summed E-state index contributed by atoms with van der Waals surface area (Å²) in [5.74, 6) is -2.00. The van der Waals surface area contributed by atoms with Crippen LogP contribution in [0.25, 0.3) is 0 Å². The first kappa shape index (κ1) is 13.7. The monoisotopic (exact) mass is 309 g/mol. The highest BCUT2D eigenvalue weighted by molar-refractivity contribution is 7.99. The molecule has 108 valence electrons. The second-order valence-electron chi connectivity index (χ2n) is 4.31. The summed E-state index contributed by atoms with van der Waals surface area (Å²) in [4.78, 5) is 28.2. The third-order valence-electron chi connectivity index (χ3n) is 3.00. The Bertz CT molecular complexity index is 771. The number of benzene rings is 1. The standard InChI is InChI=1S/C13H9F2N3O2S/c14-8-2-1-3-9(15)10(8)17-11(19)7-6-16-13-18(12(7)20)4-5-21-13/h1-3,6H,4-5H2,(H,17,19). The van der Waals surface area contributed by atoms with E-state index in [0.717, 1.165) is 18.3 Å². The molecule has 0 saturated carbocycles. The maximum absolute atomic E-state index is 13.5. The number of hydrogen-bond donors (Lipinski definition) is 1. The number of aromatic nitrogens is 2. The van der Waals surface area contributed by atoms with Crippen molar-refractivity contribution in [2.24, 2.45) is 0 Å². The molecular weight excluding hydrogens is 300 g/mol. The number of thioether (sulfide) groups is 1. The van der Waals surface area contributed by atoms with Crippen LogP contribution in [0.4, 0.5) is 14.5 Å². The van der Waals surface area contributed by atoms with Gasteiger partial charge in [0.05, 0.1) is 0 Å². The summed E-state index contributed by atoms with van der Waals surface area (Å²) in [6.07, 6.45) is 1.13. The van der Waals surface area contributed by atoms with E-state index in [1.54, 1.807) is 0 Å². The summed E-state index contributed by atoms with van der Waals surface area (Å²) < 4.78 is 28.4. The molecule has 0 saturated heterocycles. The second-order valence-corrected chi connectivity index (χ2v) is 5.37. The van der Waals surface area contributed by atoms with E-state index < -0.39 is 28.8 Å². The average molecular weight is 309 g/mol. The van der Waals surface area contributed by atoms with Crippen molar-refractivity contribution < 1.29 is 13.6 Å². The van der Waals surface area contributed by atoms with Crippen molar-refractivity contribution in [2.45, 2.75) is 11.7 Å². The largest absolute Gasteiger partial charge is 0.317 e. The molecule has 2 heterocycles. The zero-order valence-electron chi connectivity index (χ0n) is 10.6. The van der Waals surface area contributed by atoms with Crippen LogP contribution in [-0.2, 0) is 6.54 Å². The normalized spacial score (nSPS) is 13.0. The lowest BCUT2D eigenvalue weighted by Crippen LogP contribution is -2.29. The first-order chi connectivity index (χ1) is 10.1. The SMILES string of the molecule is O=C(Nc1c(F)cccc1F)c1cnc2n(c1=O)CCS2. The average Bonchev–Trinajstić information content (AvgIpc) is 2.92. The van der Waals surface area contributed by atoms with Gasteiger partial charge >= 0.3 is 0 Å². The molecule has 0 radical (unpaired) electrons. The van der Waals surface area contributed by atoms with Crippen LogP contribution in [0.2, 0.25) is 0 Å². The van der Waals surface area contributed by atoms with Crippen LogP contribution in [0.5, 0.6) is 0 Å². The predicted octanol–water partition coefficient (Wildman–Crippen LogP) is 1.88. The van der Waals surface area contributed by atoms with Crippen LogP contribution in [0.1, 0.15) is 10.4 Å². The molecule has 1 N–H and O–H groups in total. The number of para-hydroxylation sites is 1. The molecule has 5 nitrogen and oxygen atoms in total. The minimum absolute atomic E-state index is 0.246. The van der Waals surface area contributed by atoms with Gasteiger partial charge in [-0.2, -0.15) is 0 Å². The molecule has 1 aromatic heterocycles. The van der Waals surface area contributed by atoms with Crippen LogP contribution in [0, 0.1) is 11.6 Å². The van der Waals surface area contributed by atoms with Gasteiger partial charge in [-0.25, -0.2) is 13.8 Å². The molecule has 1 aliphatic rings. The zero-order valence-corrected chi connectivity index (χ0v) is 11.4. The zero-order chi connectivity index (χ0) is 15.0. The van der Waals surface area contributed by atoms with Gasteiger partial charge in [0.1, 0.15) is 22.9 Å². The van der Waals surface area contributed by atoms with Crippen molar-refractivity contribution in [3.8, 4) is 0 Å². The third-order valence-corrected chi connectivity index (χ3v) is 3.97. The predicted molar refractivity (Wildman–Crippen MR) is 73.5 cm³/mol. The van der Waals surface area contributed by atoms with E-state index in [2.05, 4.69) is 10.3 Å². The number of fused-ring (bicyclic) bond motifs is 1. The van der Waals surface area contributed by atoms with E-state index in [9.17, 15) is 18.4 Å². The summed E-state index contributed by atoms with van der Waals surface area (Å²) in [6.45, 7) is 0.459. The van der Waals surface area contributed by atoms with Gasteiger partial charge in [-0.3, -0.25) is 14.2 Å². The van der Waals surface area contributed by atoms with E-state index in [0.29, 0.717) is 17.5 Å².